The third-order valence-corrected chi connectivity index (χ3v) is 4.79. The Hall–Kier alpha value is -2.73. The van der Waals surface area contributed by atoms with Gasteiger partial charge < -0.3 is 20.4 Å². The smallest absolute Gasteiger partial charge is 0.321 e. The number of halogens is 1. The maximum atomic E-state index is 12.5. The number of hydrogen-bond acceptors (Lipinski definition) is 3. The molecule has 1 aliphatic heterocycles. The minimum Gasteiger partial charge on any atom is -0.368 e. The highest BCUT2D eigenvalue weighted by atomic mass is 35.5. The van der Waals surface area contributed by atoms with Crippen LogP contribution in [0.2, 0.25) is 5.02 Å². The van der Waals surface area contributed by atoms with Crippen molar-refractivity contribution in [2.75, 3.05) is 36.4 Å². The lowest BCUT2D eigenvalue weighted by Crippen LogP contribution is -2.50. The number of hydrogen-bond donors (Lipinski definition) is 2. The second-order valence-electron chi connectivity index (χ2n) is 7.09. The minimum atomic E-state index is -0.134. The number of nitrogens with one attached hydrogen (secondary N) is 2. The van der Waals surface area contributed by atoms with E-state index >= 15 is 0 Å². The molecule has 1 heterocycles. The number of carbonyl (C=O) groups excluding carboxylic acids is 2. The highest BCUT2D eigenvalue weighted by Crippen LogP contribution is 2.21. The number of urea groups is 1. The van der Waals surface area contributed by atoms with Gasteiger partial charge in [-0.05, 0) is 56.3 Å². The Balaban J connectivity index is 1.52. The largest absolute Gasteiger partial charge is 0.368 e. The summed E-state index contributed by atoms with van der Waals surface area (Å²) in [6.45, 7) is 6.60. The van der Waals surface area contributed by atoms with Gasteiger partial charge in [0.15, 0.2) is 0 Å². The number of piperazine rings is 1. The average molecular weight is 401 g/mol. The van der Waals surface area contributed by atoms with Crippen molar-refractivity contribution in [1.29, 1.82) is 0 Å². The molecule has 28 heavy (non-hydrogen) atoms. The molecule has 0 radical (unpaired) electrons. The molecule has 3 amide bonds. The van der Waals surface area contributed by atoms with Gasteiger partial charge in [0.25, 0.3) is 5.91 Å². The van der Waals surface area contributed by atoms with Crippen molar-refractivity contribution in [3.8, 4) is 0 Å². The highest BCUT2D eigenvalue weighted by Gasteiger charge is 2.21. The highest BCUT2D eigenvalue weighted by molar-refractivity contribution is 6.30. The van der Waals surface area contributed by atoms with Gasteiger partial charge in [-0.15, -0.1) is 0 Å². The van der Waals surface area contributed by atoms with E-state index in [1.807, 2.05) is 38.1 Å². The van der Waals surface area contributed by atoms with Gasteiger partial charge in [-0.25, -0.2) is 4.79 Å². The van der Waals surface area contributed by atoms with Crippen LogP contribution < -0.4 is 15.5 Å². The predicted octanol–water partition coefficient (Wildman–Crippen LogP) is 3.83. The SMILES string of the molecule is CC(C)NC(=O)c1ccc(NC(=O)N2CCN(c3cccc(Cl)c3)CC2)cc1. The van der Waals surface area contributed by atoms with Crippen molar-refractivity contribution in [3.05, 3.63) is 59.1 Å². The number of anilines is 2. The first kappa shape index (κ1) is 20.0. The van der Waals surface area contributed by atoms with Crippen LogP contribution in [-0.2, 0) is 0 Å². The fourth-order valence-corrected chi connectivity index (χ4v) is 3.28. The van der Waals surface area contributed by atoms with Crippen LogP contribution in [0.1, 0.15) is 24.2 Å². The summed E-state index contributed by atoms with van der Waals surface area (Å²) in [6.07, 6.45) is 0. The Morgan fingerprint density at radius 1 is 1.00 bits per heavy atom. The van der Waals surface area contributed by atoms with E-state index in [2.05, 4.69) is 15.5 Å². The summed E-state index contributed by atoms with van der Waals surface area (Å²) in [5, 5.41) is 6.45. The summed E-state index contributed by atoms with van der Waals surface area (Å²) in [6, 6.07) is 14.6. The molecule has 3 rings (SSSR count). The summed E-state index contributed by atoms with van der Waals surface area (Å²) in [5.74, 6) is -0.120. The van der Waals surface area contributed by atoms with Crippen LogP contribution in [0.25, 0.3) is 0 Å². The van der Waals surface area contributed by atoms with E-state index in [0.29, 0.717) is 29.4 Å². The van der Waals surface area contributed by atoms with Crippen molar-refractivity contribution in [2.45, 2.75) is 19.9 Å². The average Bonchev–Trinajstić information content (AvgIpc) is 2.68. The second kappa shape index (κ2) is 8.97. The Kier molecular flexibility index (Phi) is 6.41. The molecule has 2 aromatic rings. The first-order valence-electron chi connectivity index (χ1n) is 9.40. The lowest BCUT2D eigenvalue weighted by atomic mass is 10.2. The van der Waals surface area contributed by atoms with Crippen molar-refractivity contribution < 1.29 is 9.59 Å². The lowest BCUT2D eigenvalue weighted by Gasteiger charge is -2.36. The van der Waals surface area contributed by atoms with E-state index in [0.717, 1.165) is 18.8 Å². The zero-order valence-electron chi connectivity index (χ0n) is 16.1. The van der Waals surface area contributed by atoms with Crippen molar-refractivity contribution in [1.82, 2.24) is 10.2 Å². The van der Waals surface area contributed by atoms with Gasteiger partial charge in [-0.2, -0.15) is 0 Å². The molecule has 2 N–H and O–H groups in total. The maximum Gasteiger partial charge on any atom is 0.321 e. The van der Waals surface area contributed by atoms with Gasteiger partial charge >= 0.3 is 6.03 Å². The lowest BCUT2D eigenvalue weighted by molar-refractivity contribution is 0.0943. The molecule has 0 aliphatic carbocycles. The van der Waals surface area contributed by atoms with Crippen LogP contribution >= 0.6 is 11.6 Å². The summed E-state index contributed by atoms with van der Waals surface area (Å²) < 4.78 is 0. The third kappa shape index (κ3) is 5.16. The molecular weight excluding hydrogens is 376 g/mol. The van der Waals surface area contributed by atoms with Gasteiger partial charge in [0, 0.05) is 54.2 Å². The van der Waals surface area contributed by atoms with Gasteiger partial charge in [0.2, 0.25) is 0 Å². The van der Waals surface area contributed by atoms with Crippen LogP contribution in [0, 0.1) is 0 Å². The Morgan fingerprint density at radius 2 is 1.68 bits per heavy atom. The fraction of sp³-hybridized carbons (Fsp3) is 0.333. The van der Waals surface area contributed by atoms with E-state index in [4.69, 9.17) is 11.6 Å². The first-order chi connectivity index (χ1) is 13.4. The van der Waals surface area contributed by atoms with Gasteiger partial charge in [-0.1, -0.05) is 17.7 Å². The maximum absolute atomic E-state index is 12.5. The zero-order valence-corrected chi connectivity index (χ0v) is 16.9. The van der Waals surface area contributed by atoms with Crippen LogP contribution in [-0.4, -0.2) is 49.1 Å². The van der Waals surface area contributed by atoms with E-state index in [9.17, 15) is 9.59 Å². The van der Waals surface area contributed by atoms with Crippen LogP contribution in [0.3, 0.4) is 0 Å². The molecule has 1 fully saturated rings. The molecule has 2 aromatic carbocycles. The molecule has 0 atom stereocenters. The van der Waals surface area contributed by atoms with Crippen LogP contribution in [0.5, 0.6) is 0 Å². The monoisotopic (exact) mass is 400 g/mol. The molecule has 1 aliphatic rings. The van der Waals surface area contributed by atoms with Crippen LogP contribution in [0.15, 0.2) is 48.5 Å². The molecule has 0 aromatic heterocycles. The van der Waals surface area contributed by atoms with Gasteiger partial charge in [-0.3, -0.25) is 4.79 Å². The number of rotatable bonds is 4. The molecule has 0 saturated carbocycles. The molecule has 0 unspecified atom stereocenters. The fourth-order valence-electron chi connectivity index (χ4n) is 3.09. The van der Waals surface area contributed by atoms with Crippen molar-refractivity contribution >= 4 is 34.9 Å². The van der Waals surface area contributed by atoms with E-state index in [1.165, 1.54) is 0 Å². The Labute approximate surface area is 170 Å². The number of carbonyl (C=O) groups is 2. The molecular formula is C21H25ClN4O2. The van der Waals surface area contributed by atoms with E-state index in [-0.39, 0.29) is 18.0 Å². The standard InChI is InChI=1S/C21H25ClN4O2/c1-15(2)23-20(27)16-6-8-18(9-7-16)24-21(28)26-12-10-25(11-13-26)19-5-3-4-17(22)14-19/h3-9,14-15H,10-13H2,1-2H3,(H,23,27)(H,24,28). The molecule has 0 bridgehead atoms. The van der Waals surface area contributed by atoms with Crippen molar-refractivity contribution in [3.63, 3.8) is 0 Å². The molecule has 7 heteroatoms. The first-order valence-corrected chi connectivity index (χ1v) is 9.77. The molecule has 148 valence electrons. The zero-order chi connectivity index (χ0) is 20.1. The third-order valence-electron chi connectivity index (χ3n) is 4.56. The summed E-state index contributed by atoms with van der Waals surface area (Å²) in [4.78, 5) is 28.5. The normalized spacial score (nSPS) is 14.1. The quantitative estimate of drug-likeness (QED) is 0.819. The van der Waals surface area contributed by atoms with Crippen LogP contribution in [0.4, 0.5) is 16.2 Å². The van der Waals surface area contributed by atoms with E-state index in [1.54, 1.807) is 29.2 Å². The molecule has 1 saturated heterocycles. The van der Waals surface area contributed by atoms with Gasteiger partial charge in [0.1, 0.15) is 0 Å². The van der Waals surface area contributed by atoms with E-state index < -0.39 is 0 Å². The summed E-state index contributed by atoms with van der Waals surface area (Å²) >= 11 is 6.06. The Bertz CT molecular complexity index is 831. The topological polar surface area (TPSA) is 64.7 Å². The number of amides is 3. The molecule has 0 spiro atoms. The van der Waals surface area contributed by atoms with Gasteiger partial charge in [0.05, 0.1) is 0 Å². The predicted molar refractivity (Wildman–Crippen MR) is 113 cm³/mol. The molecule has 6 nitrogen and oxygen atoms in total. The Morgan fingerprint density at radius 3 is 2.29 bits per heavy atom. The number of nitrogens with zero attached hydrogens (tertiary/aromatic N) is 2. The number of benzene rings is 2. The summed E-state index contributed by atoms with van der Waals surface area (Å²) in [5.41, 5.74) is 2.31. The summed E-state index contributed by atoms with van der Waals surface area (Å²) in [7, 11) is 0. The second-order valence-corrected chi connectivity index (χ2v) is 7.53. The minimum absolute atomic E-state index is 0.0810. The van der Waals surface area contributed by atoms with Crippen molar-refractivity contribution in [2.24, 2.45) is 0 Å².